The first-order valence-corrected chi connectivity index (χ1v) is 6.69. The van der Waals surface area contributed by atoms with Gasteiger partial charge in [0.15, 0.2) is 0 Å². The Kier molecular flexibility index (Phi) is 4.23. The van der Waals surface area contributed by atoms with Crippen molar-refractivity contribution in [3.05, 3.63) is 57.2 Å². The van der Waals surface area contributed by atoms with Crippen molar-refractivity contribution in [3.8, 4) is 5.75 Å². The number of carboxylic acids is 1. The zero-order chi connectivity index (χ0) is 14.7. The number of rotatable bonds is 3. The van der Waals surface area contributed by atoms with Gasteiger partial charge in [0.25, 0.3) is 5.91 Å². The summed E-state index contributed by atoms with van der Waals surface area (Å²) in [7, 11) is 0. The minimum absolute atomic E-state index is 0.00442. The van der Waals surface area contributed by atoms with E-state index in [-0.39, 0.29) is 22.6 Å². The minimum Gasteiger partial charge on any atom is -0.507 e. The molecule has 0 bridgehead atoms. The monoisotopic (exact) mass is 383 g/mol. The molecule has 0 heterocycles. The second kappa shape index (κ2) is 5.91. The Bertz CT molecular complexity index is 685. The molecule has 0 radical (unpaired) electrons. The molecule has 0 saturated carbocycles. The summed E-state index contributed by atoms with van der Waals surface area (Å²) in [6.45, 7) is 0. The van der Waals surface area contributed by atoms with Crippen LogP contribution in [0.15, 0.2) is 42.5 Å². The molecule has 0 fully saturated rings. The zero-order valence-electron chi connectivity index (χ0n) is 10.1. The first-order valence-electron chi connectivity index (χ1n) is 5.61. The highest BCUT2D eigenvalue weighted by atomic mass is 127. The average Bonchev–Trinajstić information content (AvgIpc) is 2.42. The van der Waals surface area contributed by atoms with Crippen molar-refractivity contribution in [2.45, 2.75) is 0 Å². The Morgan fingerprint density at radius 3 is 2.45 bits per heavy atom. The van der Waals surface area contributed by atoms with Gasteiger partial charge in [-0.1, -0.05) is 12.1 Å². The normalized spacial score (nSPS) is 10.1. The SMILES string of the molecule is O=C(Nc1ccccc1C(=O)O)c1ccc(I)c(O)c1. The lowest BCUT2D eigenvalue weighted by Gasteiger charge is -2.08. The first-order chi connectivity index (χ1) is 9.49. The van der Waals surface area contributed by atoms with Crippen LogP contribution in [0.5, 0.6) is 5.75 Å². The van der Waals surface area contributed by atoms with E-state index >= 15 is 0 Å². The van der Waals surface area contributed by atoms with Crippen LogP contribution in [-0.2, 0) is 0 Å². The summed E-state index contributed by atoms with van der Waals surface area (Å²) in [5, 5.41) is 21.1. The number of anilines is 1. The van der Waals surface area contributed by atoms with E-state index in [0.717, 1.165) is 0 Å². The number of hydrogen-bond acceptors (Lipinski definition) is 3. The molecular weight excluding hydrogens is 373 g/mol. The fourth-order valence-electron chi connectivity index (χ4n) is 1.63. The van der Waals surface area contributed by atoms with Gasteiger partial charge in [0.2, 0.25) is 0 Å². The van der Waals surface area contributed by atoms with Gasteiger partial charge in [-0.15, -0.1) is 0 Å². The highest BCUT2D eigenvalue weighted by Gasteiger charge is 2.13. The van der Waals surface area contributed by atoms with Gasteiger partial charge in [-0.2, -0.15) is 0 Å². The fraction of sp³-hybridized carbons (Fsp3) is 0. The Labute approximate surface area is 128 Å². The molecule has 1 amide bonds. The van der Waals surface area contributed by atoms with Gasteiger partial charge in [-0.25, -0.2) is 4.79 Å². The quantitative estimate of drug-likeness (QED) is 0.712. The molecule has 0 atom stereocenters. The molecule has 2 aromatic rings. The van der Waals surface area contributed by atoms with Crippen LogP contribution in [0.4, 0.5) is 5.69 Å². The molecule has 0 aromatic heterocycles. The third-order valence-electron chi connectivity index (χ3n) is 2.61. The second-order valence-electron chi connectivity index (χ2n) is 3.97. The van der Waals surface area contributed by atoms with E-state index in [4.69, 9.17) is 5.11 Å². The number of carbonyl (C=O) groups is 2. The lowest BCUT2D eigenvalue weighted by molar-refractivity contribution is 0.0698. The number of aromatic carboxylic acids is 1. The summed E-state index contributed by atoms with van der Waals surface area (Å²) < 4.78 is 0.630. The molecule has 0 saturated heterocycles. The number of hydrogen-bond donors (Lipinski definition) is 3. The number of aromatic hydroxyl groups is 1. The van der Waals surface area contributed by atoms with Gasteiger partial charge in [-0.3, -0.25) is 4.79 Å². The third-order valence-corrected chi connectivity index (χ3v) is 3.53. The van der Waals surface area contributed by atoms with Gasteiger partial charge in [0, 0.05) is 5.56 Å². The number of nitrogens with one attached hydrogen (secondary N) is 1. The van der Waals surface area contributed by atoms with E-state index in [2.05, 4.69) is 5.32 Å². The van der Waals surface area contributed by atoms with E-state index in [1.165, 1.54) is 18.2 Å². The van der Waals surface area contributed by atoms with Crippen LogP contribution >= 0.6 is 22.6 Å². The average molecular weight is 383 g/mol. The number of carboxylic acid groups (broad SMARTS) is 1. The number of halogens is 1. The van der Waals surface area contributed by atoms with Crippen LogP contribution in [0.3, 0.4) is 0 Å². The summed E-state index contributed by atoms with van der Waals surface area (Å²) >= 11 is 1.94. The van der Waals surface area contributed by atoms with Crippen molar-refractivity contribution >= 4 is 40.2 Å². The maximum atomic E-state index is 12.0. The zero-order valence-corrected chi connectivity index (χ0v) is 12.3. The van der Waals surface area contributed by atoms with Gasteiger partial charge < -0.3 is 15.5 Å². The number of phenols is 1. The molecule has 0 aliphatic rings. The summed E-state index contributed by atoms with van der Waals surface area (Å²) in [4.78, 5) is 23.1. The lowest BCUT2D eigenvalue weighted by atomic mass is 10.1. The van der Waals surface area contributed by atoms with E-state index in [1.807, 2.05) is 22.6 Å². The Morgan fingerprint density at radius 2 is 1.80 bits per heavy atom. The van der Waals surface area contributed by atoms with E-state index in [0.29, 0.717) is 3.57 Å². The summed E-state index contributed by atoms with van der Waals surface area (Å²) in [6, 6.07) is 10.6. The van der Waals surface area contributed by atoms with Crippen LogP contribution in [0, 0.1) is 3.57 Å². The molecule has 0 aliphatic carbocycles. The third kappa shape index (κ3) is 3.08. The molecular formula is C14H10INO4. The largest absolute Gasteiger partial charge is 0.507 e. The second-order valence-corrected chi connectivity index (χ2v) is 5.13. The Balaban J connectivity index is 2.28. The van der Waals surface area contributed by atoms with Gasteiger partial charge in [-0.05, 0) is 52.9 Å². The van der Waals surface area contributed by atoms with Crippen molar-refractivity contribution in [2.24, 2.45) is 0 Å². The topological polar surface area (TPSA) is 86.6 Å². The first kappa shape index (κ1) is 14.3. The number of amides is 1. The molecule has 5 nitrogen and oxygen atoms in total. The smallest absolute Gasteiger partial charge is 0.337 e. The number of phenolic OH excluding ortho intramolecular Hbond substituents is 1. The minimum atomic E-state index is -1.12. The molecule has 0 aliphatic heterocycles. The van der Waals surface area contributed by atoms with Crippen LogP contribution in [-0.4, -0.2) is 22.1 Å². The fourth-order valence-corrected chi connectivity index (χ4v) is 1.96. The standard InChI is InChI=1S/C14H10INO4/c15-10-6-5-8(7-12(10)17)13(18)16-11-4-2-1-3-9(11)14(19)20/h1-7,17H,(H,16,18)(H,19,20). The Morgan fingerprint density at radius 1 is 1.10 bits per heavy atom. The van der Waals surface area contributed by atoms with Crippen molar-refractivity contribution in [3.63, 3.8) is 0 Å². The maximum absolute atomic E-state index is 12.0. The van der Waals surface area contributed by atoms with Crippen LogP contribution in [0.25, 0.3) is 0 Å². The summed E-state index contributed by atoms with van der Waals surface area (Å²) in [6.07, 6.45) is 0. The highest BCUT2D eigenvalue weighted by molar-refractivity contribution is 14.1. The lowest BCUT2D eigenvalue weighted by Crippen LogP contribution is -2.14. The van der Waals surface area contributed by atoms with Crippen molar-refractivity contribution in [2.75, 3.05) is 5.32 Å². The van der Waals surface area contributed by atoms with E-state index < -0.39 is 11.9 Å². The molecule has 3 N–H and O–H groups in total. The number of benzene rings is 2. The molecule has 6 heteroatoms. The number of para-hydroxylation sites is 1. The van der Waals surface area contributed by atoms with E-state index in [9.17, 15) is 14.7 Å². The van der Waals surface area contributed by atoms with E-state index in [1.54, 1.807) is 24.3 Å². The number of carbonyl (C=O) groups excluding carboxylic acids is 1. The van der Waals surface area contributed by atoms with Crippen molar-refractivity contribution in [1.29, 1.82) is 0 Å². The van der Waals surface area contributed by atoms with Crippen LogP contribution in [0.1, 0.15) is 20.7 Å². The van der Waals surface area contributed by atoms with Crippen molar-refractivity contribution in [1.82, 2.24) is 0 Å². The molecule has 0 unspecified atom stereocenters. The molecule has 2 rings (SSSR count). The van der Waals surface area contributed by atoms with Gasteiger partial charge >= 0.3 is 5.97 Å². The summed E-state index contributed by atoms with van der Waals surface area (Å²) in [5.74, 6) is -1.60. The Hall–Kier alpha value is -2.09. The van der Waals surface area contributed by atoms with Gasteiger partial charge in [0.05, 0.1) is 14.8 Å². The molecule has 102 valence electrons. The molecule has 2 aromatic carbocycles. The predicted octanol–water partition coefficient (Wildman–Crippen LogP) is 2.95. The maximum Gasteiger partial charge on any atom is 0.337 e. The molecule has 20 heavy (non-hydrogen) atoms. The van der Waals surface area contributed by atoms with Crippen LogP contribution in [0.2, 0.25) is 0 Å². The highest BCUT2D eigenvalue weighted by Crippen LogP contribution is 2.22. The van der Waals surface area contributed by atoms with Gasteiger partial charge in [0.1, 0.15) is 5.75 Å². The molecule has 0 spiro atoms. The predicted molar refractivity (Wildman–Crippen MR) is 82.2 cm³/mol. The summed E-state index contributed by atoms with van der Waals surface area (Å²) in [5.41, 5.74) is 0.474. The van der Waals surface area contributed by atoms with Crippen molar-refractivity contribution < 1.29 is 19.8 Å². The van der Waals surface area contributed by atoms with Crippen LogP contribution < -0.4 is 5.32 Å².